The Morgan fingerprint density at radius 3 is 2.94 bits per heavy atom. The Morgan fingerprint density at radius 2 is 2.33 bits per heavy atom. The monoisotopic (exact) mass is 244 g/mol. The van der Waals surface area contributed by atoms with Crippen LogP contribution in [0.4, 0.5) is 0 Å². The first-order valence-corrected chi connectivity index (χ1v) is 5.71. The number of rotatable bonds is 4. The molecule has 0 radical (unpaired) electrons. The van der Waals surface area contributed by atoms with Gasteiger partial charge in [0, 0.05) is 30.6 Å². The van der Waals surface area contributed by atoms with E-state index in [1.807, 2.05) is 36.0 Å². The molecule has 1 atom stereocenters. The first-order valence-electron chi connectivity index (χ1n) is 5.71. The van der Waals surface area contributed by atoms with E-state index in [9.17, 15) is 4.79 Å². The molecule has 0 aliphatic rings. The summed E-state index contributed by atoms with van der Waals surface area (Å²) in [5.41, 5.74) is 8.62. The fraction of sp³-hybridized carbons (Fsp3) is 0.214. The molecule has 0 aliphatic carbocycles. The predicted octanol–water partition coefficient (Wildman–Crippen LogP) is 1.78. The highest BCUT2D eigenvalue weighted by molar-refractivity contribution is 5.87. The van der Waals surface area contributed by atoms with E-state index in [0.29, 0.717) is 6.42 Å². The van der Waals surface area contributed by atoms with Crippen molar-refractivity contribution in [1.82, 2.24) is 4.57 Å². The zero-order valence-electron chi connectivity index (χ0n) is 10.3. The zero-order valence-corrected chi connectivity index (χ0v) is 10.3. The first-order chi connectivity index (χ1) is 8.52. The van der Waals surface area contributed by atoms with Gasteiger partial charge in [-0.2, -0.15) is 0 Å². The average molecular weight is 244 g/mol. The predicted molar refractivity (Wildman–Crippen MR) is 72.3 cm³/mol. The minimum Gasteiger partial charge on any atom is -0.480 e. The van der Waals surface area contributed by atoms with Crippen molar-refractivity contribution < 1.29 is 9.90 Å². The second-order valence-corrected chi connectivity index (χ2v) is 4.39. The molecule has 1 aromatic heterocycles. The van der Waals surface area contributed by atoms with Gasteiger partial charge in [0.2, 0.25) is 0 Å². The van der Waals surface area contributed by atoms with Crippen molar-refractivity contribution in [3.63, 3.8) is 0 Å². The van der Waals surface area contributed by atoms with Crippen LogP contribution in [0.2, 0.25) is 0 Å². The van der Waals surface area contributed by atoms with Gasteiger partial charge in [-0.3, -0.25) is 4.79 Å². The molecule has 0 spiro atoms. The van der Waals surface area contributed by atoms with E-state index in [0.717, 1.165) is 22.0 Å². The first kappa shape index (κ1) is 12.4. The average Bonchev–Trinajstić information content (AvgIpc) is 2.65. The molecule has 1 unspecified atom stereocenters. The summed E-state index contributed by atoms with van der Waals surface area (Å²) in [6.45, 7) is 3.74. The molecule has 0 bridgehead atoms. The zero-order chi connectivity index (χ0) is 13.3. The van der Waals surface area contributed by atoms with Crippen LogP contribution in [-0.4, -0.2) is 21.7 Å². The van der Waals surface area contributed by atoms with Crippen LogP contribution < -0.4 is 5.73 Å². The largest absolute Gasteiger partial charge is 0.480 e. The summed E-state index contributed by atoms with van der Waals surface area (Å²) < 4.78 is 1.98. The van der Waals surface area contributed by atoms with Crippen molar-refractivity contribution in [1.29, 1.82) is 0 Å². The number of hydrogen-bond acceptors (Lipinski definition) is 2. The van der Waals surface area contributed by atoms with Crippen molar-refractivity contribution in [2.45, 2.75) is 12.5 Å². The van der Waals surface area contributed by atoms with Gasteiger partial charge in [0.25, 0.3) is 0 Å². The highest BCUT2D eigenvalue weighted by atomic mass is 16.4. The Balaban J connectivity index is 2.50. The third-order valence-corrected chi connectivity index (χ3v) is 3.09. The molecule has 1 heterocycles. The Kier molecular flexibility index (Phi) is 3.21. The molecule has 1 aromatic carbocycles. The van der Waals surface area contributed by atoms with Gasteiger partial charge in [-0.15, -0.1) is 0 Å². The summed E-state index contributed by atoms with van der Waals surface area (Å²) in [4.78, 5) is 10.8. The van der Waals surface area contributed by atoms with Crippen LogP contribution in [0.3, 0.4) is 0 Å². The molecule has 18 heavy (non-hydrogen) atoms. The fourth-order valence-electron chi connectivity index (χ4n) is 2.11. The number of nitrogens with two attached hydrogens (primary N) is 1. The van der Waals surface area contributed by atoms with Crippen molar-refractivity contribution >= 4 is 22.9 Å². The van der Waals surface area contributed by atoms with Crippen LogP contribution in [-0.2, 0) is 18.3 Å². The number of fused-ring (bicyclic) bond motifs is 1. The standard InChI is InChI=1S/C14H16N2O2/c1-3-9-4-5-13-11(6-9)10(8-16(13)2)7-12(15)14(17)18/h3-6,8,12H,1,7,15H2,2H3,(H,17,18). The number of carboxylic acids is 1. The molecular formula is C14H16N2O2. The van der Waals surface area contributed by atoms with Gasteiger partial charge in [-0.25, -0.2) is 0 Å². The minimum absolute atomic E-state index is 0.327. The van der Waals surface area contributed by atoms with Gasteiger partial charge in [-0.1, -0.05) is 18.7 Å². The molecule has 0 saturated carbocycles. The van der Waals surface area contributed by atoms with Gasteiger partial charge in [0.05, 0.1) is 0 Å². The van der Waals surface area contributed by atoms with Gasteiger partial charge in [0.1, 0.15) is 6.04 Å². The van der Waals surface area contributed by atoms with Gasteiger partial charge >= 0.3 is 5.97 Å². The van der Waals surface area contributed by atoms with Crippen LogP contribution in [0.25, 0.3) is 17.0 Å². The Labute approximate surface area is 105 Å². The highest BCUT2D eigenvalue weighted by Crippen LogP contribution is 2.23. The lowest BCUT2D eigenvalue weighted by atomic mass is 10.0. The summed E-state index contributed by atoms with van der Waals surface area (Å²) in [6, 6.07) is 5.12. The molecule has 4 heteroatoms. The lowest BCUT2D eigenvalue weighted by Gasteiger charge is -2.05. The molecule has 3 N–H and O–H groups in total. The van der Waals surface area contributed by atoms with Crippen LogP contribution in [0.15, 0.2) is 31.0 Å². The minimum atomic E-state index is -0.980. The van der Waals surface area contributed by atoms with Crippen LogP contribution in [0, 0.1) is 0 Å². The fourth-order valence-corrected chi connectivity index (χ4v) is 2.11. The number of nitrogens with zero attached hydrogens (tertiary/aromatic N) is 1. The van der Waals surface area contributed by atoms with E-state index in [1.54, 1.807) is 6.08 Å². The van der Waals surface area contributed by atoms with Crippen molar-refractivity contribution in [3.8, 4) is 0 Å². The van der Waals surface area contributed by atoms with Crippen molar-refractivity contribution in [3.05, 3.63) is 42.1 Å². The topological polar surface area (TPSA) is 68.2 Å². The van der Waals surface area contributed by atoms with Gasteiger partial charge < -0.3 is 15.4 Å². The Hall–Kier alpha value is -2.07. The lowest BCUT2D eigenvalue weighted by Crippen LogP contribution is -2.32. The molecule has 94 valence electrons. The molecule has 2 rings (SSSR count). The van der Waals surface area contributed by atoms with Gasteiger partial charge in [0.15, 0.2) is 0 Å². The summed E-state index contributed by atoms with van der Waals surface area (Å²) in [5.74, 6) is -0.980. The van der Waals surface area contributed by atoms with E-state index >= 15 is 0 Å². The SMILES string of the molecule is C=Cc1ccc2c(c1)c(CC(N)C(=O)O)cn2C. The Bertz CT molecular complexity index is 614. The molecule has 2 aromatic rings. The third-order valence-electron chi connectivity index (χ3n) is 3.09. The van der Waals surface area contributed by atoms with Crippen molar-refractivity contribution in [2.24, 2.45) is 12.8 Å². The maximum Gasteiger partial charge on any atom is 0.320 e. The van der Waals surface area contributed by atoms with E-state index in [-0.39, 0.29) is 0 Å². The lowest BCUT2D eigenvalue weighted by molar-refractivity contribution is -0.138. The van der Waals surface area contributed by atoms with Crippen LogP contribution in [0.5, 0.6) is 0 Å². The number of carbonyl (C=O) groups is 1. The van der Waals surface area contributed by atoms with Crippen LogP contribution >= 0.6 is 0 Å². The molecule has 0 saturated heterocycles. The van der Waals surface area contributed by atoms with Gasteiger partial charge in [-0.05, 0) is 23.3 Å². The number of aliphatic carboxylic acids is 1. The quantitative estimate of drug-likeness (QED) is 0.861. The normalized spacial score (nSPS) is 12.6. The highest BCUT2D eigenvalue weighted by Gasteiger charge is 2.15. The van der Waals surface area contributed by atoms with E-state index in [1.165, 1.54) is 0 Å². The molecular weight excluding hydrogens is 228 g/mol. The number of aromatic nitrogens is 1. The maximum absolute atomic E-state index is 10.8. The second-order valence-electron chi connectivity index (χ2n) is 4.39. The third kappa shape index (κ3) is 2.15. The van der Waals surface area contributed by atoms with Crippen molar-refractivity contribution in [2.75, 3.05) is 0 Å². The van der Waals surface area contributed by atoms with E-state index in [4.69, 9.17) is 10.8 Å². The number of hydrogen-bond donors (Lipinski definition) is 2. The summed E-state index contributed by atoms with van der Waals surface area (Å²) >= 11 is 0. The smallest absolute Gasteiger partial charge is 0.320 e. The summed E-state index contributed by atoms with van der Waals surface area (Å²) in [7, 11) is 1.94. The summed E-state index contributed by atoms with van der Waals surface area (Å²) in [5, 5.41) is 9.91. The molecule has 0 amide bonds. The Morgan fingerprint density at radius 1 is 1.61 bits per heavy atom. The number of benzene rings is 1. The summed E-state index contributed by atoms with van der Waals surface area (Å²) in [6.07, 6.45) is 4.03. The van der Waals surface area contributed by atoms with Crippen LogP contribution in [0.1, 0.15) is 11.1 Å². The number of carboxylic acid groups (broad SMARTS) is 1. The van der Waals surface area contributed by atoms with E-state index < -0.39 is 12.0 Å². The molecule has 4 nitrogen and oxygen atoms in total. The number of aryl methyl sites for hydroxylation is 1. The second kappa shape index (κ2) is 4.66. The van der Waals surface area contributed by atoms with E-state index in [2.05, 4.69) is 6.58 Å². The molecule has 0 fully saturated rings. The maximum atomic E-state index is 10.8. The molecule has 0 aliphatic heterocycles.